The Kier molecular flexibility index (Phi) is 5.15. The van der Waals surface area contributed by atoms with E-state index in [9.17, 15) is 4.79 Å². The first-order chi connectivity index (χ1) is 7.93. The molecule has 96 valence electrons. The summed E-state index contributed by atoms with van der Waals surface area (Å²) in [6, 6.07) is 3.83. The number of thiophene rings is 1. The fraction of sp³-hybridized carbons (Fsp3) is 0.615. The first kappa shape index (κ1) is 14.2. The molecule has 0 aliphatic rings. The maximum atomic E-state index is 12.3. The monoisotopic (exact) mass is 254 g/mol. The number of hydrogen-bond donors (Lipinski definition) is 1. The van der Waals surface area contributed by atoms with Gasteiger partial charge in [-0.05, 0) is 31.2 Å². The first-order valence-corrected chi connectivity index (χ1v) is 6.90. The molecule has 0 fully saturated rings. The van der Waals surface area contributed by atoms with Crippen LogP contribution in [0.4, 0.5) is 0 Å². The van der Waals surface area contributed by atoms with Crippen molar-refractivity contribution in [2.45, 2.75) is 46.3 Å². The summed E-state index contributed by atoms with van der Waals surface area (Å²) in [5.74, 6) is 0.218. The van der Waals surface area contributed by atoms with Gasteiger partial charge < -0.3 is 10.6 Å². The predicted molar refractivity (Wildman–Crippen MR) is 72.8 cm³/mol. The summed E-state index contributed by atoms with van der Waals surface area (Å²) in [6.07, 6.45) is 0. The molecule has 0 aliphatic heterocycles. The summed E-state index contributed by atoms with van der Waals surface area (Å²) >= 11 is 1.67. The smallest absolute Gasteiger partial charge is 0.240 e. The molecule has 0 aromatic carbocycles. The number of hydrogen-bond acceptors (Lipinski definition) is 3. The van der Waals surface area contributed by atoms with E-state index in [4.69, 9.17) is 5.73 Å². The predicted octanol–water partition coefficient (Wildman–Crippen LogP) is 2.47. The number of amides is 1. The van der Waals surface area contributed by atoms with Gasteiger partial charge in [0.05, 0.1) is 12.6 Å². The van der Waals surface area contributed by atoms with Crippen LogP contribution in [0, 0.1) is 5.92 Å². The highest BCUT2D eigenvalue weighted by molar-refractivity contribution is 7.09. The molecule has 0 spiro atoms. The van der Waals surface area contributed by atoms with Crippen molar-refractivity contribution in [2.24, 2.45) is 11.7 Å². The Hall–Kier alpha value is -0.870. The van der Waals surface area contributed by atoms with Crippen molar-refractivity contribution in [1.29, 1.82) is 0 Å². The molecule has 0 unspecified atom stereocenters. The topological polar surface area (TPSA) is 46.3 Å². The Morgan fingerprint density at radius 3 is 2.47 bits per heavy atom. The van der Waals surface area contributed by atoms with Crippen LogP contribution >= 0.6 is 11.3 Å². The Bertz CT molecular complexity index is 346. The lowest BCUT2D eigenvalue weighted by atomic mass is 10.0. The zero-order valence-electron chi connectivity index (χ0n) is 11.0. The standard InChI is InChI=1S/C13H22N2OS/c1-9(2)12(14)13(16)15(10(3)4)8-11-6-5-7-17-11/h5-7,9-10,12H,8,14H2,1-4H3/t12-/m1/s1. The molecule has 1 amide bonds. The Morgan fingerprint density at radius 2 is 2.06 bits per heavy atom. The normalized spacial score (nSPS) is 13.1. The molecule has 1 aromatic heterocycles. The van der Waals surface area contributed by atoms with Crippen molar-refractivity contribution in [3.8, 4) is 0 Å². The van der Waals surface area contributed by atoms with Crippen LogP contribution in [0.15, 0.2) is 17.5 Å². The van der Waals surface area contributed by atoms with Crippen LogP contribution in [0.5, 0.6) is 0 Å². The van der Waals surface area contributed by atoms with Crippen LogP contribution in [-0.4, -0.2) is 22.9 Å². The quantitative estimate of drug-likeness (QED) is 0.877. The third-order valence-electron chi connectivity index (χ3n) is 2.82. The zero-order chi connectivity index (χ0) is 13.0. The Balaban J connectivity index is 2.76. The van der Waals surface area contributed by atoms with Gasteiger partial charge in [-0.1, -0.05) is 19.9 Å². The van der Waals surface area contributed by atoms with Crippen LogP contribution < -0.4 is 5.73 Å². The van der Waals surface area contributed by atoms with E-state index >= 15 is 0 Å². The molecule has 0 bridgehead atoms. The summed E-state index contributed by atoms with van der Waals surface area (Å²) in [6.45, 7) is 8.67. The molecule has 0 saturated heterocycles. The van der Waals surface area contributed by atoms with Crippen molar-refractivity contribution in [3.63, 3.8) is 0 Å². The molecule has 1 heterocycles. The minimum absolute atomic E-state index is 0.0448. The van der Waals surface area contributed by atoms with E-state index in [0.29, 0.717) is 6.54 Å². The molecule has 0 aliphatic carbocycles. The van der Waals surface area contributed by atoms with Gasteiger partial charge in [0, 0.05) is 10.9 Å². The van der Waals surface area contributed by atoms with Crippen LogP contribution in [0.3, 0.4) is 0 Å². The average Bonchev–Trinajstić information content (AvgIpc) is 2.76. The van der Waals surface area contributed by atoms with E-state index in [-0.39, 0.29) is 17.9 Å². The third-order valence-corrected chi connectivity index (χ3v) is 3.68. The first-order valence-electron chi connectivity index (χ1n) is 6.02. The summed E-state index contributed by atoms with van der Waals surface area (Å²) in [5, 5.41) is 2.03. The van der Waals surface area contributed by atoms with E-state index in [0.717, 1.165) is 0 Å². The third kappa shape index (κ3) is 3.82. The van der Waals surface area contributed by atoms with Gasteiger partial charge in [-0.15, -0.1) is 11.3 Å². The molecule has 0 radical (unpaired) electrons. The fourth-order valence-corrected chi connectivity index (χ4v) is 2.26. The second kappa shape index (κ2) is 6.17. The maximum absolute atomic E-state index is 12.3. The molecule has 1 rings (SSSR count). The van der Waals surface area contributed by atoms with E-state index in [1.54, 1.807) is 11.3 Å². The molecule has 4 heteroatoms. The molecule has 0 saturated carbocycles. The van der Waals surface area contributed by atoms with Crippen molar-refractivity contribution in [1.82, 2.24) is 4.90 Å². The van der Waals surface area contributed by atoms with E-state index in [1.807, 2.05) is 50.1 Å². The minimum atomic E-state index is -0.405. The number of rotatable bonds is 5. The van der Waals surface area contributed by atoms with Gasteiger partial charge in [0.1, 0.15) is 0 Å². The summed E-state index contributed by atoms with van der Waals surface area (Å²) in [5.41, 5.74) is 5.94. The second-order valence-electron chi connectivity index (χ2n) is 4.91. The zero-order valence-corrected chi connectivity index (χ0v) is 11.8. The van der Waals surface area contributed by atoms with Gasteiger partial charge in [-0.25, -0.2) is 0 Å². The minimum Gasteiger partial charge on any atom is -0.334 e. The van der Waals surface area contributed by atoms with E-state index in [1.165, 1.54) is 4.88 Å². The molecular formula is C13H22N2OS. The van der Waals surface area contributed by atoms with Gasteiger partial charge in [-0.2, -0.15) is 0 Å². The Labute approximate surface area is 108 Å². The van der Waals surface area contributed by atoms with Crippen LogP contribution in [0.1, 0.15) is 32.6 Å². The van der Waals surface area contributed by atoms with Gasteiger partial charge >= 0.3 is 0 Å². The van der Waals surface area contributed by atoms with Crippen molar-refractivity contribution >= 4 is 17.2 Å². The SMILES string of the molecule is CC(C)[C@@H](N)C(=O)N(Cc1cccs1)C(C)C. The number of nitrogens with zero attached hydrogens (tertiary/aromatic N) is 1. The fourth-order valence-electron chi connectivity index (χ4n) is 1.56. The van der Waals surface area contributed by atoms with Gasteiger partial charge in [0.25, 0.3) is 0 Å². The highest BCUT2D eigenvalue weighted by Gasteiger charge is 2.25. The van der Waals surface area contributed by atoms with Crippen LogP contribution in [0.2, 0.25) is 0 Å². The summed E-state index contributed by atoms with van der Waals surface area (Å²) in [7, 11) is 0. The van der Waals surface area contributed by atoms with Gasteiger partial charge in [-0.3, -0.25) is 4.79 Å². The maximum Gasteiger partial charge on any atom is 0.240 e. The second-order valence-corrected chi connectivity index (χ2v) is 5.94. The van der Waals surface area contributed by atoms with Crippen molar-refractivity contribution in [2.75, 3.05) is 0 Å². The molecule has 3 nitrogen and oxygen atoms in total. The summed E-state index contributed by atoms with van der Waals surface area (Å²) < 4.78 is 0. The summed E-state index contributed by atoms with van der Waals surface area (Å²) in [4.78, 5) is 15.3. The van der Waals surface area contributed by atoms with Crippen molar-refractivity contribution in [3.05, 3.63) is 22.4 Å². The molecule has 17 heavy (non-hydrogen) atoms. The lowest BCUT2D eigenvalue weighted by Crippen LogP contribution is -2.48. The molecular weight excluding hydrogens is 232 g/mol. The lowest BCUT2D eigenvalue weighted by molar-refractivity contribution is -0.135. The number of nitrogens with two attached hydrogens (primary N) is 1. The van der Waals surface area contributed by atoms with E-state index < -0.39 is 6.04 Å². The highest BCUT2D eigenvalue weighted by Crippen LogP contribution is 2.16. The van der Waals surface area contributed by atoms with Crippen LogP contribution in [0.25, 0.3) is 0 Å². The van der Waals surface area contributed by atoms with Crippen molar-refractivity contribution < 1.29 is 4.79 Å². The number of carbonyl (C=O) groups is 1. The molecule has 1 aromatic rings. The number of carbonyl (C=O) groups excluding carboxylic acids is 1. The largest absolute Gasteiger partial charge is 0.334 e. The van der Waals surface area contributed by atoms with Crippen LogP contribution in [-0.2, 0) is 11.3 Å². The molecule has 2 N–H and O–H groups in total. The lowest BCUT2D eigenvalue weighted by Gasteiger charge is -2.30. The van der Waals surface area contributed by atoms with Gasteiger partial charge in [0.2, 0.25) is 5.91 Å². The van der Waals surface area contributed by atoms with E-state index in [2.05, 4.69) is 0 Å². The molecule has 1 atom stereocenters. The Morgan fingerprint density at radius 1 is 1.41 bits per heavy atom. The highest BCUT2D eigenvalue weighted by atomic mass is 32.1. The average molecular weight is 254 g/mol. The van der Waals surface area contributed by atoms with Gasteiger partial charge in [0.15, 0.2) is 0 Å².